The van der Waals surface area contributed by atoms with Crippen molar-refractivity contribution in [2.45, 2.75) is 32.2 Å². The number of carbonyl (C=O) groups excluding carboxylic acids is 1. The van der Waals surface area contributed by atoms with Crippen LogP contribution in [-0.2, 0) is 4.79 Å². The Labute approximate surface area is 128 Å². The molecule has 1 atom stereocenters. The lowest BCUT2D eigenvalue weighted by Gasteiger charge is -2.16. The van der Waals surface area contributed by atoms with Gasteiger partial charge in [0, 0.05) is 12.5 Å². The van der Waals surface area contributed by atoms with Gasteiger partial charge in [-0.25, -0.2) is 0 Å². The number of primary amides is 1. The Morgan fingerprint density at radius 3 is 2.58 bits per heavy atom. The van der Waals surface area contributed by atoms with Gasteiger partial charge >= 0.3 is 0 Å². The van der Waals surface area contributed by atoms with E-state index >= 15 is 0 Å². The van der Waals surface area contributed by atoms with E-state index in [2.05, 4.69) is 5.32 Å². The minimum absolute atomic E-state index is 0.0656. The highest BCUT2D eigenvalue weighted by molar-refractivity contribution is 6.48. The molecule has 1 aromatic carbocycles. The second-order valence-corrected chi connectivity index (χ2v) is 5.53. The van der Waals surface area contributed by atoms with Crippen molar-refractivity contribution in [3.63, 3.8) is 0 Å². The molecule has 0 aliphatic rings. The van der Waals surface area contributed by atoms with E-state index in [0.29, 0.717) is 21.5 Å². The summed E-state index contributed by atoms with van der Waals surface area (Å²) in [5, 5.41) is 4.63. The summed E-state index contributed by atoms with van der Waals surface area (Å²) in [4.78, 5) is 10.6. The first-order valence-electron chi connectivity index (χ1n) is 6.08. The summed E-state index contributed by atoms with van der Waals surface area (Å²) in [6, 6.07) is 3.66. The van der Waals surface area contributed by atoms with Gasteiger partial charge in [-0.2, -0.15) is 0 Å². The maximum atomic E-state index is 10.6. The van der Waals surface area contributed by atoms with Gasteiger partial charge in [-0.05, 0) is 37.9 Å². The van der Waals surface area contributed by atoms with Crippen molar-refractivity contribution in [2.75, 3.05) is 6.54 Å². The van der Waals surface area contributed by atoms with Gasteiger partial charge in [-0.3, -0.25) is 4.79 Å². The van der Waals surface area contributed by atoms with Crippen LogP contribution in [0, 0.1) is 0 Å². The Kier molecular flexibility index (Phi) is 6.94. The molecule has 0 aliphatic carbocycles. The minimum Gasteiger partial charge on any atom is -0.370 e. The summed E-state index contributed by atoms with van der Waals surface area (Å²) < 4.78 is 0. The first-order chi connectivity index (χ1) is 8.93. The van der Waals surface area contributed by atoms with E-state index in [-0.39, 0.29) is 11.9 Å². The Hall–Kier alpha value is -0.480. The van der Waals surface area contributed by atoms with Gasteiger partial charge in [0.1, 0.15) is 0 Å². The Morgan fingerprint density at radius 1 is 1.26 bits per heavy atom. The Bertz CT molecular complexity index is 452. The van der Waals surface area contributed by atoms with Crippen LogP contribution in [0.25, 0.3) is 0 Å². The van der Waals surface area contributed by atoms with E-state index in [0.717, 1.165) is 24.9 Å². The zero-order valence-electron chi connectivity index (χ0n) is 10.7. The molecule has 19 heavy (non-hydrogen) atoms. The van der Waals surface area contributed by atoms with Crippen LogP contribution in [0.1, 0.15) is 37.8 Å². The molecule has 0 saturated heterocycles. The molecular formula is C13H17Cl3N2O. The van der Waals surface area contributed by atoms with E-state index < -0.39 is 0 Å². The molecule has 106 valence electrons. The largest absolute Gasteiger partial charge is 0.370 e. The molecule has 3 N–H and O–H groups in total. The van der Waals surface area contributed by atoms with Crippen molar-refractivity contribution in [1.29, 1.82) is 0 Å². The first-order valence-corrected chi connectivity index (χ1v) is 7.22. The lowest BCUT2D eigenvalue weighted by molar-refractivity contribution is -0.118. The molecule has 1 unspecified atom stereocenters. The zero-order valence-corrected chi connectivity index (χ0v) is 12.9. The summed E-state index contributed by atoms with van der Waals surface area (Å²) in [5.74, 6) is -0.263. The molecule has 0 fully saturated rings. The second kappa shape index (κ2) is 7.95. The number of nitrogens with one attached hydrogen (secondary N) is 1. The number of unbranched alkanes of at least 4 members (excludes halogenated alkanes) is 1. The maximum absolute atomic E-state index is 10.6. The SMILES string of the molecule is CC(NCCCCC(N)=O)c1ccc(Cl)c(Cl)c1Cl. The molecule has 0 heterocycles. The average Bonchev–Trinajstić information content (AvgIpc) is 2.35. The number of amides is 1. The molecule has 0 radical (unpaired) electrons. The summed E-state index contributed by atoms with van der Waals surface area (Å²) in [6.07, 6.45) is 2.08. The van der Waals surface area contributed by atoms with Crippen LogP contribution >= 0.6 is 34.8 Å². The molecule has 1 rings (SSSR count). The number of hydrogen-bond acceptors (Lipinski definition) is 2. The van der Waals surface area contributed by atoms with Gasteiger partial charge in [0.25, 0.3) is 0 Å². The molecular weight excluding hydrogens is 307 g/mol. The van der Waals surface area contributed by atoms with Crippen molar-refractivity contribution in [3.05, 3.63) is 32.8 Å². The fraction of sp³-hybridized carbons (Fsp3) is 0.462. The van der Waals surface area contributed by atoms with Crippen molar-refractivity contribution in [1.82, 2.24) is 5.32 Å². The molecule has 1 amide bonds. The van der Waals surface area contributed by atoms with Gasteiger partial charge in [0.15, 0.2) is 0 Å². The zero-order chi connectivity index (χ0) is 14.4. The molecule has 0 saturated carbocycles. The fourth-order valence-corrected chi connectivity index (χ4v) is 2.43. The molecule has 0 aliphatic heterocycles. The smallest absolute Gasteiger partial charge is 0.217 e. The molecule has 3 nitrogen and oxygen atoms in total. The van der Waals surface area contributed by atoms with E-state index in [4.69, 9.17) is 40.5 Å². The molecule has 0 spiro atoms. The van der Waals surface area contributed by atoms with Crippen LogP contribution in [0.2, 0.25) is 15.1 Å². The van der Waals surface area contributed by atoms with Crippen molar-refractivity contribution < 1.29 is 4.79 Å². The second-order valence-electron chi connectivity index (χ2n) is 4.36. The number of nitrogens with two attached hydrogens (primary N) is 1. The van der Waals surface area contributed by atoms with Crippen LogP contribution in [0.3, 0.4) is 0 Å². The van der Waals surface area contributed by atoms with Gasteiger partial charge in [-0.1, -0.05) is 40.9 Å². The molecule has 1 aromatic rings. The van der Waals surface area contributed by atoms with E-state index in [1.54, 1.807) is 6.07 Å². The predicted molar refractivity (Wildman–Crippen MR) is 80.9 cm³/mol. The van der Waals surface area contributed by atoms with Gasteiger partial charge in [0.2, 0.25) is 5.91 Å². The van der Waals surface area contributed by atoms with Crippen molar-refractivity contribution in [3.8, 4) is 0 Å². The lowest BCUT2D eigenvalue weighted by Crippen LogP contribution is -2.20. The van der Waals surface area contributed by atoms with Gasteiger partial charge in [0.05, 0.1) is 15.1 Å². The number of halogens is 3. The fourth-order valence-electron chi connectivity index (χ4n) is 1.73. The van der Waals surface area contributed by atoms with Gasteiger partial charge < -0.3 is 11.1 Å². The normalized spacial score (nSPS) is 12.4. The Morgan fingerprint density at radius 2 is 1.95 bits per heavy atom. The van der Waals surface area contributed by atoms with Crippen LogP contribution in [0.4, 0.5) is 0 Å². The van der Waals surface area contributed by atoms with Crippen molar-refractivity contribution in [2.24, 2.45) is 5.73 Å². The quantitative estimate of drug-likeness (QED) is 0.589. The van der Waals surface area contributed by atoms with Crippen LogP contribution in [0.15, 0.2) is 12.1 Å². The maximum Gasteiger partial charge on any atom is 0.217 e. The molecule has 0 aromatic heterocycles. The highest BCUT2D eigenvalue weighted by Gasteiger charge is 2.13. The first kappa shape index (κ1) is 16.6. The topological polar surface area (TPSA) is 55.1 Å². The van der Waals surface area contributed by atoms with Crippen LogP contribution in [-0.4, -0.2) is 12.5 Å². The summed E-state index contributed by atoms with van der Waals surface area (Å²) >= 11 is 18.0. The van der Waals surface area contributed by atoms with E-state index in [1.807, 2.05) is 13.0 Å². The number of hydrogen-bond donors (Lipinski definition) is 2. The lowest BCUT2D eigenvalue weighted by atomic mass is 10.1. The summed E-state index contributed by atoms with van der Waals surface area (Å²) in [6.45, 7) is 2.78. The number of rotatable bonds is 7. The number of carbonyl (C=O) groups is 1. The third kappa shape index (κ3) is 5.19. The standard InChI is InChI=1S/C13H17Cl3N2O/c1-8(18-7-3-2-4-11(17)19)9-5-6-10(14)13(16)12(9)15/h5-6,8,18H,2-4,7H2,1H3,(H2,17,19). The van der Waals surface area contributed by atoms with E-state index in [1.165, 1.54) is 0 Å². The summed E-state index contributed by atoms with van der Waals surface area (Å²) in [7, 11) is 0. The van der Waals surface area contributed by atoms with E-state index in [9.17, 15) is 4.79 Å². The third-order valence-corrected chi connectivity index (χ3v) is 4.14. The third-order valence-electron chi connectivity index (χ3n) is 2.83. The molecule has 6 heteroatoms. The van der Waals surface area contributed by atoms with Crippen LogP contribution < -0.4 is 11.1 Å². The number of benzene rings is 1. The predicted octanol–water partition coefficient (Wildman–Crippen LogP) is 3.95. The molecule has 0 bridgehead atoms. The average molecular weight is 324 g/mol. The minimum atomic E-state index is -0.263. The van der Waals surface area contributed by atoms with Crippen molar-refractivity contribution >= 4 is 40.7 Å². The Balaban J connectivity index is 2.48. The highest BCUT2D eigenvalue weighted by atomic mass is 35.5. The monoisotopic (exact) mass is 322 g/mol. The van der Waals surface area contributed by atoms with Gasteiger partial charge in [-0.15, -0.1) is 0 Å². The van der Waals surface area contributed by atoms with Crippen LogP contribution in [0.5, 0.6) is 0 Å². The highest BCUT2D eigenvalue weighted by Crippen LogP contribution is 2.35. The summed E-state index contributed by atoms with van der Waals surface area (Å²) in [5.41, 5.74) is 5.98.